The number of nitriles is 1. The molecule has 3 heterocycles. The van der Waals surface area contributed by atoms with Crippen molar-refractivity contribution in [2.45, 2.75) is 44.2 Å². The van der Waals surface area contributed by atoms with E-state index >= 15 is 0 Å². The molecule has 2 aliphatic carbocycles. The Labute approximate surface area is 217 Å². The second kappa shape index (κ2) is 8.92. The van der Waals surface area contributed by atoms with Crippen LogP contribution in [0.25, 0.3) is 0 Å². The normalized spacial score (nSPS) is 24.7. The molecule has 0 radical (unpaired) electrons. The molecule has 11 heteroatoms. The topological polar surface area (TPSA) is 117 Å². The lowest BCUT2D eigenvalue weighted by molar-refractivity contribution is -0.118. The van der Waals surface area contributed by atoms with Crippen LogP contribution in [0.4, 0.5) is 10.2 Å². The molecule has 1 saturated heterocycles. The lowest BCUT2D eigenvalue weighted by atomic mass is 9.74. The fourth-order valence-corrected chi connectivity index (χ4v) is 5.47. The number of carbonyl (C=O) groups is 2. The smallest absolute Gasteiger partial charge is 0.273 e. The zero-order valence-corrected chi connectivity index (χ0v) is 20.7. The molecule has 3 atom stereocenters. The number of piperidine rings is 1. The number of pyridine rings is 1. The molecule has 3 aromatic rings. The fraction of sp³-hybridized carbons (Fsp3) is 0.385. The van der Waals surface area contributed by atoms with E-state index in [0.29, 0.717) is 41.5 Å². The number of rotatable bonds is 6. The van der Waals surface area contributed by atoms with Crippen LogP contribution in [0.3, 0.4) is 0 Å². The van der Waals surface area contributed by atoms with Gasteiger partial charge in [0, 0.05) is 29.7 Å². The van der Waals surface area contributed by atoms with E-state index in [1.807, 2.05) is 6.07 Å². The van der Waals surface area contributed by atoms with Gasteiger partial charge in [0.05, 0.1) is 23.9 Å². The molecule has 9 nitrogen and oxygen atoms in total. The van der Waals surface area contributed by atoms with Crippen LogP contribution in [0.15, 0.2) is 36.7 Å². The largest absolute Gasteiger partial charge is 0.348 e. The molecule has 0 bridgehead atoms. The molecule has 1 aliphatic heterocycles. The highest BCUT2D eigenvalue weighted by molar-refractivity contribution is 6.30. The van der Waals surface area contributed by atoms with Gasteiger partial charge >= 0.3 is 0 Å². The van der Waals surface area contributed by atoms with Gasteiger partial charge in [-0.2, -0.15) is 5.26 Å². The van der Waals surface area contributed by atoms with Gasteiger partial charge in [0.1, 0.15) is 0 Å². The van der Waals surface area contributed by atoms with Crippen LogP contribution in [-0.2, 0) is 4.79 Å². The van der Waals surface area contributed by atoms with Crippen LogP contribution in [0.2, 0.25) is 5.02 Å². The van der Waals surface area contributed by atoms with Gasteiger partial charge < -0.3 is 5.32 Å². The van der Waals surface area contributed by atoms with Gasteiger partial charge in [0.15, 0.2) is 17.3 Å². The summed E-state index contributed by atoms with van der Waals surface area (Å²) >= 11 is 6.09. The van der Waals surface area contributed by atoms with Gasteiger partial charge in [-0.05, 0) is 73.4 Å². The Morgan fingerprint density at radius 1 is 1.30 bits per heavy atom. The Hall–Kier alpha value is -3.84. The highest BCUT2D eigenvalue weighted by Crippen LogP contribution is 2.47. The summed E-state index contributed by atoms with van der Waals surface area (Å²) in [6.45, 7) is 2.32. The summed E-state index contributed by atoms with van der Waals surface area (Å²) in [5.41, 5.74) is 2.20. The lowest BCUT2D eigenvalue weighted by Crippen LogP contribution is -2.43. The maximum Gasteiger partial charge on any atom is 0.273 e. The monoisotopic (exact) mass is 519 g/mol. The average Bonchev–Trinajstić information content (AvgIpc) is 3.32. The van der Waals surface area contributed by atoms with Crippen molar-refractivity contribution in [3.05, 3.63) is 69.9 Å². The molecule has 3 fully saturated rings. The minimum Gasteiger partial charge on any atom is -0.348 e. The number of halogens is 2. The Balaban J connectivity index is 1.08. The van der Waals surface area contributed by atoms with Crippen molar-refractivity contribution in [2.24, 2.45) is 11.8 Å². The molecule has 2 saturated carbocycles. The number of benzene rings is 1. The van der Waals surface area contributed by atoms with Crippen molar-refractivity contribution in [2.75, 3.05) is 11.4 Å². The molecule has 3 aliphatic rings. The van der Waals surface area contributed by atoms with Crippen molar-refractivity contribution >= 4 is 29.2 Å². The average molecular weight is 520 g/mol. The van der Waals surface area contributed by atoms with E-state index in [0.717, 1.165) is 12.0 Å². The number of amides is 2. The first-order valence-electron chi connectivity index (χ1n) is 12.2. The molecule has 37 heavy (non-hydrogen) atoms. The fourth-order valence-electron chi connectivity index (χ4n) is 5.28. The summed E-state index contributed by atoms with van der Waals surface area (Å²) in [5.74, 6) is -0.399. The van der Waals surface area contributed by atoms with Crippen molar-refractivity contribution in [3.8, 4) is 6.07 Å². The summed E-state index contributed by atoms with van der Waals surface area (Å²) in [4.78, 5) is 30.7. The van der Waals surface area contributed by atoms with Gasteiger partial charge in [-0.15, -0.1) is 5.10 Å². The van der Waals surface area contributed by atoms with Crippen molar-refractivity contribution in [1.29, 1.82) is 5.26 Å². The Morgan fingerprint density at radius 3 is 2.81 bits per heavy atom. The first-order valence-corrected chi connectivity index (χ1v) is 12.6. The molecule has 6 rings (SSSR count). The van der Waals surface area contributed by atoms with Gasteiger partial charge in [-0.3, -0.25) is 14.5 Å². The molecule has 188 valence electrons. The molecule has 1 aromatic carbocycles. The van der Waals surface area contributed by atoms with Crippen molar-refractivity contribution in [1.82, 2.24) is 25.3 Å². The third kappa shape index (κ3) is 4.23. The summed E-state index contributed by atoms with van der Waals surface area (Å²) in [7, 11) is 0. The van der Waals surface area contributed by atoms with Crippen molar-refractivity contribution < 1.29 is 14.0 Å². The number of nitrogens with zero attached hydrogens (tertiary/aromatic N) is 6. The molecular weight excluding hydrogens is 497 g/mol. The SMILES string of the molecule is C[C@@H](c1cnc(N2C[C@H]3C[C@H]3C2=O)c(F)c1)n1cc(C(=O)N[C@H]2C[C@@H](c3cc(Cl)ccc3C#N)C2)nn1. The number of aromatic nitrogens is 4. The van der Waals surface area contributed by atoms with E-state index in [1.54, 1.807) is 19.1 Å². The first kappa shape index (κ1) is 23.6. The number of fused-ring (bicyclic) bond motifs is 1. The quantitative estimate of drug-likeness (QED) is 0.532. The van der Waals surface area contributed by atoms with Gasteiger partial charge in [0.25, 0.3) is 5.91 Å². The van der Waals surface area contributed by atoms with E-state index in [-0.39, 0.29) is 41.2 Å². The summed E-state index contributed by atoms with van der Waals surface area (Å²) in [6.07, 6.45) is 5.33. The van der Waals surface area contributed by atoms with Gasteiger partial charge in [-0.1, -0.05) is 16.8 Å². The number of carbonyl (C=O) groups excluding carboxylic acids is 2. The lowest BCUT2D eigenvalue weighted by Gasteiger charge is -2.36. The number of anilines is 1. The van der Waals surface area contributed by atoms with E-state index in [9.17, 15) is 19.2 Å². The second-order valence-electron chi connectivity index (χ2n) is 10.1. The minimum absolute atomic E-state index is 0.0252. The highest BCUT2D eigenvalue weighted by Gasteiger charge is 2.53. The Morgan fingerprint density at radius 2 is 2.11 bits per heavy atom. The number of hydrogen-bond donors (Lipinski definition) is 1. The third-order valence-electron chi connectivity index (χ3n) is 7.69. The molecular formula is C26H23ClFN7O2. The summed E-state index contributed by atoms with van der Waals surface area (Å²) < 4.78 is 16.3. The predicted molar refractivity (Wildman–Crippen MR) is 131 cm³/mol. The highest BCUT2D eigenvalue weighted by atomic mass is 35.5. The van der Waals surface area contributed by atoms with Gasteiger partial charge in [-0.25, -0.2) is 14.1 Å². The van der Waals surface area contributed by atoms with Crippen LogP contribution in [0.1, 0.15) is 65.3 Å². The number of nitrogens with one attached hydrogen (secondary N) is 1. The number of hydrogen-bond acceptors (Lipinski definition) is 6. The minimum atomic E-state index is -0.559. The zero-order chi connectivity index (χ0) is 25.8. The first-order chi connectivity index (χ1) is 17.8. The standard InChI is InChI=1S/C26H23ClFN7O2/c1-13(16-7-22(28)24(30-10-16)34-11-17-6-21(17)26(34)37)35-12-23(32-33-35)25(36)31-19-4-15(5-19)20-8-18(27)3-2-14(20)9-29/h2-3,7-8,10,12-13,15,17,19,21H,4-6,11H2,1H3,(H,31,36)/t13-,15-,17+,19+,21+/m0/s1. The summed E-state index contributed by atoms with van der Waals surface area (Å²) in [6, 6.07) is 8.30. The van der Waals surface area contributed by atoms with Crippen LogP contribution >= 0.6 is 11.6 Å². The third-order valence-corrected chi connectivity index (χ3v) is 7.93. The van der Waals surface area contributed by atoms with Gasteiger partial charge in [0.2, 0.25) is 5.91 Å². The molecule has 0 unspecified atom stereocenters. The Kier molecular flexibility index (Phi) is 5.68. The molecule has 2 aromatic heterocycles. The van der Waals surface area contributed by atoms with Crippen molar-refractivity contribution in [3.63, 3.8) is 0 Å². The van der Waals surface area contributed by atoms with E-state index in [1.165, 1.54) is 28.0 Å². The van der Waals surface area contributed by atoms with E-state index in [4.69, 9.17) is 11.6 Å². The molecule has 1 N–H and O–H groups in total. The van der Waals surface area contributed by atoms with Crippen LogP contribution in [0.5, 0.6) is 0 Å². The molecule has 0 spiro atoms. The molecule has 2 amide bonds. The maximum atomic E-state index is 14.8. The van der Waals surface area contributed by atoms with Crippen LogP contribution < -0.4 is 10.2 Å². The summed E-state index contributed by atoms with van der Waals surface area (Å²) in [5, 5.41) is 20.9. The van der Waals surface area contributed by atoms with Crippen LogP contribution in [-0.4, -0.2) is 44.4 Å². The second-order valence-corrected chi connectivity index (χ2v) is 10.5. The van der Waals surface area contributed by atoms with E-state index < -0.39 is 11.9 Å². The predicted octanol–water partition coefficient (Wildman–Crippen LogP) is 3.61. The Bertz CT molecular complexity index is 1460. The van der Waals surface area contributed by atoms with E-state index in [2.05, 4.69) is 26.7 Å². The maximum absolute atomic E-state index is 14.8. The van der Waals surface area contributed by atoms with Crippen LogP contribution in [0, 0.1) is 29.0 Å². The zero-order valence-electron chi connectivity index (χ0n) is 19.9.